The number of carbonyl (C=O) groups excluding carboxylic acids is 1. The van der Waals surface area contributed by atoms with Crippen LogP contribution in [0.15, 0.2) is 10.5 Å². The van der Waals surface area contributed by atoms with E-state index in [1.165, 1.54) is 51.4 Å². The number of amides is 1. The van der Waals surface area contributed by atoms with Crippen LogP contribution in [0, 0.1) is 0 Å². The fourth-order valence-corrected chi connectivity index (χ4v) is 3.96. The maximum atomic E-state index is 11.4. The van der Waals surface area contributed by atoms with Crippen LogP contribution in [0.1, 0.15) is 104 Å². The molecular weight excluding hydrogens is 338 g/mol. The molecule has 0 aliphatic rings. The SMILES string of the molecule is CCCCCCCCCCCCC/C(CCC)=C(/C(N)=O)S(=O)(=O)O. The third-order valence-electron chi connectivity index (χ3n) is 4.44. The smallest absolute Gasteiger partial charge is 0.299 e. The van der Waals surface area contributed by atoms with E-state index in [1.807, 2.05) is 6.92 Å². The monoisotopic (exact) mass is 375 g/mol. The third kappa shape index (κ3) is 12.2. The number of allylic oxidation sites excluding steroid dienone is 1. The third-order valence-corrected chi connectivity index (χ3v) is 5.44. The summed E-state index contributed by atoms with van der Waals surface area (Å²) < 4.78 is 32.0. The number of rotatable bonds is 16. The minimum atomic E-state index is -4.54. The van der Waals surface area contributed by atoms with Gasteiger partial charge in [-0.3, -0.25) is 9.35 Å². The summed E-state index contributed by atoms with van der Waals surface area (Å²) >= 11 is 0. The average molecular weight is 376 g/mol. The summed E-state index contributed by atoms with van der Waals surface area (Å²) in [6, 6.07) is 0. The molecule has 5 nitrogen and oxygen atoms in total. The van der Waals surface area contributed by atoms with E-state index in [1.54, 1.807) is 0 Å². The van der Waals surface area contributed by atoms with Crippen LogP contribution in [0.2, 0.25) is 0 Å². The van der Waals surface area contributed by atoms with Crippen molar-refractivity contribution in [3.63, 3.8) is 0 Å². The molecule has 0 unspecified atom stereocenters. The minimum absolute atomic E-state index is 0.466. The van der Waals surface area contributed by atoms with Crippen LogP contribution in [0.25, 0.3) is 0 Å². The molecule has 0 bridgehead atoms. The lowest BCUT2D eigenvalue weighted by atomic mass is 10.0. The molecule has 0 saturated heterocycles. The number of hydrogen-bond donors (Lipinski definition) is 2. The molecule has 0 aromatic carbocycles. The molecule has 0 fully saturated rings. The fraction of sp³-hybridized carbons (Fsp3) is 0.842. The van der Waals surface area contributed by atoms with Gasteiger partial charge in [-0.1, -0.05) is 84.5 Å². The number of carbonyl (C=O) groups is 1. The van der Waals surface area contributed by atoms with Gasteiger partial charge in [-0.25, -0.2) is 0 Å². The highest BCUT2D eigenvalue weighted by Gasteiger charge is 2.24. The quantitative estimate of drug-likeness (QED) is 0.222. The van der Waals surface area contributed by atoms with Crippen molar-refractivity contribution in [1.82, 2.24) is 0 Å². The predicted octanol–water partition coefficient (Wildman–Crippen LogP) is 5.11. The van der Waals surface area contributed by atoms with E-state index < -0.39 is 20.9 Å². The largest absolute Gasteiger partial charge is 0.365 e. The van der Waals surface area contributed by atoms with Crippen molar-refractivity contribution in [2.75, 3.05) is 0 Å². The van der Waals surface area contributed by atoms with Gasteiger partial charge in [0.2, 0.25) is 0 Å². The summed E-state index contributed by atoms with van der Waals surface area (Å²) in [4.78, 5) is 10.8. The van der Waals surface area contributed by atoms with Crippen LogP contribution >= 0.6 is 0 Å². The number of hydrogen-bond acceptors (Lipinski definition) is 3. The highest BCUT2D eigenvalue weighted by molar-refractivity contribution is 7.90. The first-order chi connectivity index (χ1) is 11.8. The van der Waals surface area contributed by atoms with Gasteiger partial charge in [-0.05, 0) is 24.8 Å². The number of primary amides is 1. The van der Waals surface area contributed by atoms with Gasteiger partial charge >= 0.3 is 0 Å². The van der Waals surface area contributed by atoms with Crippen LogP contribution in [0.4, 0.5) is 0 Å². The van der Waals surface area contributed by atoms with Gasteiger partial charge in [0, 0.05) is 0 Å². The first kappa shape index (κ1) is 24.1. The van der Waals surface area contributed by atoms with E-state index in [9.17, 15) is 17.8 Å². The van der Waals surface area contributed by atoms with Crippen molar-refractivity contribution in [1.29, 1.82) is 0 Å². The van der Waals surface area contributed by atoms with Gasteiger partial charge in [-0.15, -0.1) is 0 Å². The Hall–Kier alpha value is -0.880. The van der Waals surface area contributed by atoms with E-state index in [2.05, 4.69) is 6.92 Å². The highest BCUT2D eigenvalue weighted by Crippen LogP contribution is 2.22. The molecule has 148 valence electrons. The van der Waals surface area contributed by atoms with Gasteiger partial charge in [0.1, 0.15) is 0 Å². The zero-order valence-corrected chi connectivity index (χ0v) is 16.9. The molecule has 1 amide bonds. The second kappa shape index (κ2) is 14.3. The zero-order valence-electron chi connectivity index (χ0n) is 16.1. The Labute approximate surface area is 154 Å². The molecule has 0 aromatic rings. The van der Waals surface area contributed by atoms with Crippen LogP contribution < -0.4 is 5.73 Å². The van der Waals surface area contributed by atoms with Crippen LogP contribution in [0.3, 0.4) is 0 Å². The zero-order chi connectivity index (χ0) is 19.1. The Kier molecular flexibility index (Phi) is 13.8. The molecule has 0 radical (unpaired) electrons. The second-order valence-electron chi connectivity index (χ2n) is 6.81. The molecule has 0 atom stereocenters. The van der Waals surface area contributed by atoms with Gasteiger partial charge < -0.3 is 5.73 Å². The van der Waals surface area contributed by atoms with Crippen molar-refractivity contribution in [3.05, 3.63) is 10.5 Å². The Bertz CT molecular complexity index is 498. The molecule has 0 spiro atoms. The second-order valence-corrected chi connectivity index (χ2v) is 8.17. The average Bonchev–Trinajstić information content (AvgIpc) is 2.51. The topological polar surface area (TPSA) is 97.5 Å². The fourth-order valence-electron chi connectivity index (χ4n) is 3.14. The molecule has 0 heterocycles. The van der Waals surface area contributed by atoms with Crippen molar-refractivity contribution in [2.24, 2.45) is 5.73 Å². The van der Waals surface area contributed by atoms with E-state index in [4.69, 9.17) is 5.73 Å². The summed E-state index contributed by atoms with van der Waals surface area (Å²) in [7, 11) is -4.54. The minimum Gasteiger partial charge on any atom is -0.365 e. The van der Waals surface area contributed by atoms with E-state index >= 15 is 0 Å². The summed E-state index contributed by atoms with van der Waals surface area (Å²) in [5.74, 6) is -1.06. The van der Waals surface area contributed by atoms with Crippen molar-refractivity contribution in [2.45, 2.75) is 104 Å². The summed E-state index contributed by atoms with van der Waals surface area (Å²) in [6.07, 6.45) is 15.0. The Morgan fingerprint density at radius 2 is 1.20 bits per heavy atom. The lowest BCUT2D eigenvalue weighted by molar-refractivity contribution is -0.114. The standard InChI is InChI=1S/C19H37NO4S/c1-3-5-6-7-8-9-10-11-12-13-14-16-17(15-4-2)18(19(20)21)25(22,23)24/h3-16H2,1-2H3,(H2,20,21)(H,22,23,24)/b18-17-. The maximum Gasteiger partial charge on any atom is 0.299 e. The normalized spacial score (nSPS) is 12.9. The molecule has 0 rings (SSSR count). The summed E-state index contributed by atoms with van der Waals surface area (Å²) in [5, 5.41) is 0. The molecule has 0 aliphatic carbocycles. The Morgan fingerprint density at radius 1 is 0.760 bits per heavy atom. The van der Waals surface area contributed by atoms with Crippen LogP contribution in [-0.2, 0) is 14.9 Å². The van der Waals surface area contributed by atoms with Crippen molar-refractivity contribution >= 4 is 16.0 Å². The number of nitrogens with two attached hydrogens (primary N) is 1. The molecule has 0 aromatic heterocycles. The first-order valence-electron chi connectivity index (χ1n) is 9.83. The van der Waals surface area contributed by atoms with Crippen molar-refractivity contribution in [3.8, 4) is 0 Å². The Balaban J connectivity index is 4.12. The van der Waals surface area contributed by atoms with Crippen LogP contribution in [0.5, 0.6) is 0 Å². The molecule has 6 heteroatoms. The maximum absolute atomic E-state index is 11.4. The first-order valence-corrected chi connectivity index (χ1v) is 11.3. The lowest BCUT2D eigenvalue weighted by Crippen LogP contribution is -2.22. The van der Waals surface area contributed by atoms with Gasteiger partial charge in [-0.2, -0.15) is 8.42 Å². The molecule has 25 heavy (non-hydrogen) atoms. The molecular formula is C19H37NO4S. The molecule has 0 aliphatic heterocycles. The molecule has 0 saturated carbocycles. The van der Waals surface area contributed by atoms with E-state index in [0.29, 0.717) is 24.8 Å². The predicted molar refractivity (Wildman–Crippen MR) is 104 cm³/mol. The summed E-state index contributed by atoms with van der Waals surface area (Å²) in [6.45, 7) is 4.13. The van der Waals surface area contributed by atoms with Gasteiger partial charge in [0.05, 0.1) is 0 Å². The Morgan fingerprint density at radius 3 is 1.56 bits per heavy atom. The van der Waals surface area contributed by atoms with Gasteiger partial charge in [0.25, 0.3) is 16.0 Å². The van der Waals surface area contributed by atoms with E-state index in [-0.39, 0.29) is 0 Å². The van der Waals surface area contributed by atoms with Crippen molar-refractivity contribution < 1.29 is 17.8 Å². The summed E-state index contributed by atoms with van der Waals surface area (Å²) in [5.41, 5.74) is 5.61. The number of unbranched alkanes of at least 4 members (excludes halogenated alkanes) is 10. The highest BCUT2D eigenvalue weighted by atomic mass is 32.2. The van der Waals surface area contributed by atoms with Gasteiger partial charge in [0.15, 0.2) is 4.91 Å². The van der Waals surface area contributed by atoms with E-state index in [0.717, 1.165) is 19.3 Å². The van der Waals surface area contributed by atoms with Crippen LogP contribution in [-0.4, -0.2) is 18.9 Å². The lowest BCUT2D eigenvalue weighted by Gasteiger charge is -2.10. The molecule has 3 N–H and O–H groups in total.